The molecule has 0 aliphatic heterocycles. The number of para-hydroxylation sites is 1. The smallest absolute Gasteiger partial charge is 0.268 e. The first-order valence-corrected chi connectivity index (χ1v) is 9.13. The summed E-state index contributed by atoms with van der Waals surface area (Å²) in [4.78, 5) is 29.3. The molecule has 1 N–H and O–H groups in total. The Morgan fingerprint density at radius 3 is 2.48 bits per heavy atom. The van der Waals surface area contributed by atoms with E-state index < -0.39 is 0 Å². The van der Waals surface area contributed by atoms with Gasteiger partial charge in [0.1, 0.15) is 10.1 Å². The van der Waals surface area contributed by atoms with Crippen molar-refractivity contribution in [3.8, 4) is 5.69 Å². The molecule has 0 spiro atoms. The van der Waals surface area contributed by atoms with Crippen LogP contribution in [-0.4, -0.2) is 9.55 Å². The molecule has 0 radical (unpaired) electrons. The second-order valence-electron chi connectivity index (χ2n) is 6.24. The fourth-order valence-electron chi connectivity index (χ4n) is 3.10. The second-order valence-corrected chi connectivity index (χ2v) is 7.92. The molecule has 4 aromatic rings. The zero-order valence-corrected chi connectivity index (χ0v) is 15.2. The van der Waals surface area contributed by atoms with Crippen LogP contribution in [0, 0.1) is 0 Å². The van der Waals surface area contributed by atoms with E-state index in [1.165, 1.54) is 11.3 Å². The number of fused-ring (bicyclic) bond motifs is 2. The first-order chi connectivity index (χ1) is 12.0. The van der Waals surface area contributed by atoms with E-state index in [0.29, 0.717) is 20.1 Å². The van der Waals surface area contributed by atoms with E-state index in [4.69, 9.17) is 11.6 Å². The lowest BCUT2D eigenvalue weighted by Gasteiger charge is -2.17. The van der Waals surface area contributed by atoms with Crippen LogP contribution in [0.1, 0.15) is 25.5 Å². The van der Waals surface area contributed by atoms with Crippen LogP contribution in [0.25, 0.3) is 26.8 Å². The van der Waals surface area contributed by atoms with Gasteiger partial charge in [-0.1, -0.05) is 43.6 Å². The molecule has 0 aliphatic rings. The number of H-pyrrole nitrogens is 1. The molecule has 4 nitrogen and oxygen atoms in total. The molecule has 0 unspecified atom stereocenters. The lowest BCUT2D eigenvalue weighted by molar-refractivity contribution is 0.764. The van der Waals surface area contributed by atoms with Crippen molar-refractivity contribution in [2.24, 2.45) is 0 Å². The summed E-state index contributed by atoms with van der Waals surface area (Å²) in [6.07, 6.45) is 0. The summed E-state index contributed by atoms with van der Waals surface area (Å²) in [5.41, 5.74) is 2.24. The lowest BCUT2D eigenvalue weighted by Crippen LogP contribution is -2.27. The molecule has 25 heavy (non-hydrogen) atoms. The summed E-state index contributed by atoms with van der Waals surface area (Å²) < 4.78 is 2.63. The molecule has 0 amide bonds. The number of halogens is 1. The zero-order valence-electron chi connectivity index (χ0n) is 13.7. The van der Waals surface area contributed by atoms with E-state index in [2.05, 4.69) is 4.98 Å². The van der Waals surface area contributed by atoms with Gasteiger partial charge in [-0.25, -0.2) is 0 Å². The summed E-state index contributed by atoms with van der Waals surface area (Å²) >= 11 is 7.24. The van der Waals surface area contributed by atoms with Crippen molar-refractivity contribution >= 4 is 44.1 Å². The van der Waals surface area contributed by atoms with Crippen LogP contribution in [0.4, 0.5) is 0 Å². The van der Waals surface area contributed by atoms with E-state index in [1.807, 2.05) is 50.2 Å². The van der Waals surface area contributed by atoms with Gasteiger partial charge in [-0.15, -0.1) is 11.3 Å². The Bertz CT molecular complexity index is 1220. The molecular formula is C19H15ClN2O2S. The van der Waals surface area contributed by atoms with Crippen molar-refractivity contribution in [2.75, 3.05) is 0 Å². The first-order valence-electron chi connectivity index (χ1n) is 7.94. The highest BCUT2D eigenvalue weighted by atomic mass is 35.5. The van der Waals surface area contributed by atoms with Gasteiger partial charge < -0.3 is 4.98 Å². The summed E-state index contributed by atoms with van der Waals surface area (Å²) in [5.74, 6) is 0.113. The van der Waals surface area contributed by atoms with Crippen molar-refractivity contribution in [1.82, 2.24) is 9.55 Å². The van der Waals surface area contributed by atoms with Crippen molar-refractivity contribution in [2.45, 2.75) is 19.8 Å². The molecule has 4 rings (SSSR count). The van der Waals surface area contributed by atoms with Gasteiger partial charge in [-0.2, -0.15) is 0 Å². The number of thiophene rings is 1. The predicted molar refractivity (Wildman–Crippen MR) is 105 cm³/mol. The Labute approximate surface area is 152 Å². The summed E-state index contributed by atoms with van der Waals surface area (Å²) in [6.45, 7) is 4.05. The molecular weight excluding hydrogens is 356 g/mol. The van der Waals surface area contributed by atoms with Gasteiger partial charge in [0.15, 0.2) is 0 Å². The number of nitrogens with zero attached hydrogens (tertiary/aromatic N) is 1. The Hall–Kier alpha value is -2.37. The highest BCUT2D eigenvalue weighted by molar-refractivity contribution is 7.22. The summed E-state index contributed by atoms with van der Waals surface area (Å²) in [6, 6.07) is 13.0. The maximum atomic E-state index is 13.2. The number of nitrogens with one attached hydrogen (secondary N) is 1. The van der Waals surface area contributed by atoms with Crippen LogP contribution < -0.4 is 11.0 Å². The van der Waals surface area contributed by atoms with Crippen molar-refractivity contribution < 1.29 is 0 Å². The Kier molecular flexibility index (Phi) is 3.78. The van der Waals surface area contributed by atoms with E-state index in [1.54, 1.807) is 10.6 Å². The molecule has 6 heteroatoms. The van der Waals surface area contributed by atoms with Gasteiger partial charge in [-0.3, -0.25) is 14.2 Å². The molecule has 0 fully saturated rings. The number of aromatic nitrogens is 2. The topological polar surface area (TPSA) is 54.9 Å². The average Bonchev–Trinajstić information content (AvgIpc) is 2.95. The van der Waals surface area contributed by atoms with E-state index in [0.717, 1.165) is 11.4 Å². The molecule has 3 heterocycles. The number of hydrogen-bond donors (Lipinski definition) is 1. The zero-order chi connectivity index (χ0) is 17.7. The van der Waals surface area contributed by atoms with E-state index in [9.17, 15) is 9.59 Å². The highest BCUT2D eigenvalue weighted by Crippen LogP contribution is 2.28. The highest BCUT2D eigenvalue weighted by Gasteiger charge is 2.18. The normalized spacial score (nSPS) is 11.7. The fraction of sp³-hybridized carbons (Fsp3) is 0.158. The van der Waals surface area contributed by atoms with Crippen molar-refractivity contribution in [1.29, 1.82) is 0 Å². The predicted octanol–water partition coefficient (Wildman–Crippen LogP) is 4.67. The summed E-state index contributed by atoms with van der Waals surface area (Å²) in [7, 11) is 0. The van der Waals surface area contributed by atoms with Gasteiger partial charge in [-0.05, 0) is 30.2 Å². The van der Waals surface area contributed by atoms with E-state index >= 15 is 0 Å². The molecule has 0 aliphatic carbocycles. The minimum absolute atomic E-state index is 0.113. The quantitative estimate of drug-likeness (QED) is 0.557. The van der Waals surface area contributed by atoms with Crippen LogP contribution in [-0.2, 0) is 0 Å². The maximum Gasteiger partial charge on any atom is 0.268 e. The van der Waals surface area contributed by atoms with Gasteiger partial charge in [0, 0.05) is 11.4 Å². The minimum atomic E-state index is -0.305. The van der Waals surface area contributed by atoms with Crippen molar-refractivity contribution in [3.63, 3.8) is 0 Å². The third kappa shape index (κ3) is 2.51. The molecule has 1 aromatic carbocycles. The van der Waals surface area contributed by atoms with Gasteiger partial charge in [0.05, 0.1) is 15.4 Å². The van der Waals surface area contributed by atoms with Gasteiger partial charge >= 0.3 is 0 Å². The maximum absolute atomic E-state index is 13.2. The molecule has 0 bridgehead atoms. The number of aromatic amines is 1. The molecule has 126 valence electrons. The van der Waals surface area contributed by atoms with Gasteiger partial charge in [0.2, 0.25) is 5.43 Å². The van der Waals surface area contributed by atoms with Crippen molar-refractivity contribution in [3.05, 3.63) is 73.1 Å². The third-order valence-electron chi connectivity index (χ3n) is 4.25. The van der Waals surface area contributed by atoms with E-state index in [-0.39, 0.29) is 22.3 Å². The SMILES string of the molecule is CC(C)c1cc2[nH]c3cc(Cl)sc3c(=O)c2c(=O)n1-c1ccccc1. The first kappa shape index (κ1) is 16.1. The standard InChI is InChI=1S/C19H15ClN2O2S/c1-10(2)14-8-12-16(17(23)18-13(21-12)9-15(20)25-18)19(24)22(14)11-6-4-3-5-7-11/h3-10H,1-2H3,(H,21,23). The molecule has 0 atom stereocenters. The van der Waals surface area contributed by atoms with Crippen LogP contribution in [0.5, 0.6) is 0 Å². The van der Waals surface area contributed by atoms with Crippen LogP contribution in [0.15, 0.2) is 52.1 Å². The second kappa shape index (κ2) is 5.86. The van der Waals surface area contributed by atoms with Crippen LogP contribution in [0.2, 0.25) is 4.34 Å². The number of hydrogen-bond acceptors (Lipinski definition) is 3. The third-order valence-corrected chi connectivity index (χ3v) is 5.51. The molecule has 0 saturated carbocycles. The molecule has 0 saturated heterocycles. The number of pyridine rings is 2. The fourth-order valence-corrected chi connectivity index (χ4v) is 4.22. The number of rotatable bonds is 2. The Morgan fingerprint density at radius 1 is 1.08 bits per heavy atom. The largest absolute Gasteiger partial charge is 0.353 e. The monoisotopic (exact) mass is 370 g/mol. The summed E-state index contributed by atoms with van der Waals surface area (Å²) in [5, 5.41) is 0.166. The Balaban J connectivity index is 2.22. The van der Waals surface area contributed by atoms with Gasteiger partial charge in [0.25, 0.3) is 5.56 Å². The van der Waals surface area contributed by atoms with Crippen LogP contribution in [0.3, 0.4) is 0 Å². The Morgan fingerprint density at radius 2 is 1.80 bits per heavy atom. The average molecular weight is 371 g/mol. The number of benzene rings is 1. The minimum Gasteiger partial charge on any atom is -0.353 e. The molecule has 3 aromatic heterocycles. The van der Waals surface area contributed by atoms with Crippen LogP contribution >= 0.6 is 22.9 Å². The lowest BCUT2D eigenvalue weighted by atomic mass is 10.1.